The van der Waals surface area contributed by atoms with Crippen molar-refractivity contribution in [3.63, 3.8) is 0 Å². The third-order valence-electron chi connectivity index (χ3n) is 8.16. The van der Waals surface area contributed by atoms with Crippen LogP contribution >= 0.6 is 0 Å². The number of fused-ring (bicyclic) bond motifs is 1. The van der Waals surface area contributed by atoms with E-state index in [-0.39, 0.29) is 18.0 Å². The summed E-state index contributed by atoms with van der Waals surface area (Å²) in [6.45, 7) is 13.2. The predicted molar refractivity (Wildman–Crippen MR) is 138 cm³/mol. The number of urea groups is 1. The number of anilines is 1. The van der Waals surface area contributed by atoms with Crippen molar-refractivity contribution >= 4 is 17.8 Å². The minimum Gasteiger partial charge on any atom is -0.381 e. The van der Waals surface area contributed by atoms with Crippen LogP contribution in [0.4, 0.5) is 10.6 Å². The molecule has 194 valence electrons. The van der Waals surface area contributed by atoms with Gasteiger partial charge in [-0.2, -0.15) is 5.10 Å². The molecule has 2 aromatic rings. The van der Waals surface area contributed by atoms with Crippen molar-refractivity contribution in [3.8, 4) is 0 Å². The highest BCUT2D eigenvalue weighted by Gasteiger charge is 2.47. The number of carbonyl (C=O) groups is 2. The molecule has 36 heavy (non-hydrogen) atoms. The van der Waals surface area contributed by atoms with E-state index in [9.17, 15) is 9.59 Å². The molecule has 3 aliphatic rings. The van der Waals surface area contributed by atoms with E-state index in [0.717, 1.165) is 50.4 Å². The van der Waals surface area contributed by atoms with Crippen molar-refractivity contribution in [3.05, 3.63) is 47.2 Å². The number of amides is 3. The molecule has 0 radical (unpaired) electrons. The summed E-state index contributed by atoms with van der Waals surface area (Å²) in [7, 11) is 0. The normalized spacial score (nSPS) is 24.6. The van der Waals surface area contributed by atoms with Crippen molar-refractivity contribution < 1.29 is 14.3 Å². The molecule has 4 heterocycles. The van der Waals surface area contributed by atoms with Crippen LogP contribution in [-0.4, -0.2) is 81.8 Å². The fraction of sp³-hybridized carbons (Fsp3) is 0.593. The fourth-order valence-electron chi connectivity index (χ4n) is 5.83. The lowest BCUT2D eigenvalue weighted by molar-refractivity contribution is 0.00882. The molecule has 3 amide bonds. The number of nitrogens with zero attached hydrogens (tertiary/aromatic N) is 4. The van der Waals surface area contributed by atoms with Gasteiger partial charge in [-0.15, -0.1) is 0 Å². The molecule has 2 saturated heterocycles. The van der Waals surface area contributed by atoms with Gasteiger partial charge in [0.05, 0.1) is 17.8 Å². The third kappa shape index (κ3) is 4.62. The molecule has 0 aliphatic carbocycles. The number of piperazine rings is 1. The van der Waals surface area contributed by atoms with E-state index >= 15 is 0 Å². The lowest BCUT2D eigenvalue weighted by atomic mass is 9.97. The van der Waals surface area contributed by atoms with Gasteiger partial charge in [0.1, 0.15) is 0 Å². The van der Waals surface area contributed by atoms with Crippen LogP contribution in [0.15, 0.2) is 30.3 Å². The Labute approximate surface area is 213 Å². The standard InChI is InChI=1S/C27H38N6O3/c1-18-15-32(19(2)14-31(18)16-20-10-12-36-13-11-20)26(35)33-17-22-23(27(33,3)4)29-30-24(22)28-25(34)21-8-6-5-7-9-21/h5-9,18-20H,10-17H2,1-4H3,(H2,28,29,30,34)/t18-,19+/m1/s1. The Kier molecular flexibility index (Phi) is 6.78. The molecule has 0 unspecified atom stereocenters. The van der Waals surface area contributed by atoms with E-state index in [1.807, 2.05) is 41.8 Å². The molecular formula is C27H38N6O3. The zero-order valence-corrected chi connectivity index (χ0v) is 21.8. The molecule has 2 atom stereocenters. The number of rotatable bonds is 4. The summed E-state index contributed by atoms with van der Waals surface area (Å²) in [5.41, 5.74) is 1.76. The molecule has 0 bridgehead atoms. The first kappa shape index (κ1) is 24.8. The minimum atomic E-state index is -0.558. The van der Waals surface area contributed by atoms with Gasteiger partial charge in [-0.05, 0) is 58.6 Å². The van der Waals surface area contributed by atoms with Crippen LogP contribution in [0.25, 0.3) is 0 Å². The molecule has 1 aromatic heterocycles. The Morgan fingerprint density at radius 1 is 1.11 bits per heavy atom. The van der Waals surface area contributed by atoms with Crippen LogP contribution in [0.2, 0.25) is 0 Å². The van der Waals surface area contributed by atoms with Crippen LogP contribution < -0.4 is 5.32 Å². The number of H-pyrrole nitrogens is 1. The van der Waals surface area contributed by atoms with E-state index in [1.165, 1.54) is 0 Å². The topological polar surface area (TPSA) is 93.8 Å². The van der Waals surface area contributed by atoms with E-state index < -0.39 is 5.54 Å². The fourth-order valence-corrected chi connectivity index (χ4v) is 5.83. The smallest absolute Gasteiger partial charge is 0.321 e. The van der Waals surface area contributed by atoms with E-state index in [2.05, 4.69) is 34.3 Å². The van der Waals surface area contributed by atoms with Gasteiger partial charge in [-0.25, -0.2) is 4.79 Å². The van der Waals surface area contributed by atoms with Crippen LogP contribution in [0, 0.1) is 5.92 Å². The molecule has 0 saturated carbocycles. The Balaban J connectivity index is 1.27. The summed E-state index contributed by atoms with van der Waals surface area (Å²) in [4.78, 5) is 33.1. The maximum Gasteiger partial charge on any atom is 0.321 e. The molecule has 9 heteroatoms. The van der Waals surface area contributed by atoms with E-state index in [4.69, 9.17) is 4.74 Å². The van der Waals surface area contributed by atoms with Gasteiger partial charge < -0.3 is 19.9 Å². The van der Waals surface area contributed by atoms with E-state index in [1.54, 1.807) is 12.1 Å². The van der Waals surface area contributed by atoms with Crippen LogP contribution in [-0.2, 0) is 16.8 Å². The molecule has 2 fully saturated rings. The number of carbonyl (C=O) groups excluding carboxylic acids is 2. The number of nitrogens with one attached hydrogen (secondary N) is 2. The summed E-state index contributed by atoms with van der Waals surface area (Å²) in [5.74, 6) is 0.954. The Morgan fingerprint density at radius 2 is 1.83 bits per heavy atom. The Bertz CT molecular complexity index is 1090. The monoisotopic (exact) mass is 494 g/mol. The van der Waals surface area contributed by atoms with Gasteiger partial charge in [0.25, 0.3) is 5.91 Å². The lowest BCUT2D eigenvalue weighted by Gasteiger charge is -2.47. The van der Waals surface area contributed by atoms with E-state index in [0.29, 0.717) is 36.4 Å². The van der Waals surface area contributed by atoms with Crippen molar-refractivity contribution in [2.75, 3.05) is 38.2 Å². The summed E-state index contributed by atoms with van der Waals surface area (Å²) < 4.78 is 5.53. The summed E-state index contributed by atoms with van der Waals surface area (Å²) in [6, 6.07) is 9.55. The number of aromatic amines is 1. The highest BCUT2D eigenvalue weighted by atomic mass is 16.5. The van der Waals surface area contributed by atoms with Gasteiger partial charge in [-0.3, -0.25) is 14.8 Å². The number of hydrogen-bond donors (Lipinski definition) is 2. The molecule has 5 rings (SSSR count). The lowest BCUT2D eigenvalue weighted by Crippen LogP contribution is -2.62. The van der Waals surface area contributed by atoms with Crippen molar-refractivity contribution in [2.24, 2.45) is 5.92 Å². The van der Waals surface area contributed by atoms with Crippen LogP contribution in [0.1, 0.15) is 62.2 Å². The van der Waals surface area contributed by atoms with Crippen molar-refractivity contribution in [1.82, 2.24) is 24.9 Å². The Hall–Kier alpha value is -2.91. The van der Waals surface area contributed by atoms with Gasteiger partial charge in [0, 0.05) is 56.1 Å². The largest absolute Gasteiger partial charge is 0.381 e. The predicted octanol–water partition coefficient (Wildman–Crippen LogP) is 3.65. The maximum absolute atomic E-state index is 13.9. The first-order valence-electron chi connectivity index (χ1n) is 13.1. The van der Waals surface area contributed by atoms with Gasteiger partial charge in [0.15, 0.2) is 5.82 Å². The highest BCUT2D eigenvalue weighted by molar-refractivity contribution is 6.04. The van der Waals surface area contributed by atoms with Gasteiger partial charge in [0.2, 0.25) is 0 Å². The van der Waals surface area contributed by atoms with Crippen LogP contribution in [0.5, 0.6) is 0 Å². The average molecular weight is 495 g/mol. The number of aromatic nitrogens is 2. The number of benzene rings is 1. The second kappa shape index (κ2) is 9.86. The quantitative estimate of drug-likeness (QED) is 0.677. The molecule has 2 N–H and O–H groups in total. The van der Waals surface area contributed by atoms with Crippen molar-refractivity contribution in [1.29, 1.82) is 0 Å². The zero-order valence-electron chi connectivity index (χ0n) is 21.8. The highest BCUT2D eigenvalue weighted by Crippen LogP contribution is 2.41. The summed E-state index contributed by atoms with van der Waals surface area (Å²) in [5, 5.41) is 10.4. The molecule has 9 nitrogen and oxygen atoms in total. The second-order valence-corrected chi connectivity index (χ2v) is 11.0. The molecule has 3 aliphatic heterocycles. The van der Waals surface area contributed by atoms with Crippen molar-refractivity contribution in [2.45, 2.75) is 64.7 Å². The Morgan fingerprint density at radius 3 is 2.56 bits per heavy atom. The average Bonchev–Trinajstić information content (AvgIpc) is 3.39. The second-order valence-electron chi connectivity index (χ2n) is 11.0. The summed E-state index contributed by atoms with van der Waals surface area (Å²) >= 11 is 0. The minimum absolute atomic E-state index is 0.0370. The molecule has 0 spiro atoms. The van der Waals surface area contributed by atoms with Crippen LogP contribution in [0.3, 0.4) is 0 Å². The van der Waals surface area contributed by atoms with Gasteiger partial charge in [-0.1, -0.05) is 18.2 Å². The zero-order chi connectivity index (χ0) is 25.4. The third-order valence-corrected chi connectivity index (χ3v) is 8.16. The number of hydrogen-bond acceptors (Lipinski definition) is 5. The molecule has 1 aromatic carbocycles. The number of ether oxygens (including phenoxy) is 1. The SMILES string of the molecule is C[C@@H]1CN(C(=O)N2Cc3c(NC(=O)c4ccccc4)n[nH]c3C2(C)C)[C@@H](C)CN1CC1CCOCC1. The molecular weight excluding hydrogens is 456 g/mol. The summed E-state index contributed by atoms with van der Waals surface area (Å²) in [6.07, 6.45) is 2.24. The first-order chi connectivity index (χ1) is 17.3. The maximum atomic E-state index is 13.9. The van der Waals surface area contributed by atoms with Gasteiger partial charge >= 0.3 is 6.03 Å². The first-order valence-corrected chi connectivity index (χ1v) is 13.1.